The van der Waals surface area contributed by atoms with Crippen LogP contribution in [0.1, 0.15) is 5.76 Å². The zero-order valence-electron chi connectivity index (χ0n) is 15.7. The Morgan fingerprint density at radius 3 is 2.23 bits per heavy atom. The van der Waals surface area contributed by atoms with Crippen LogP contribution in [0.15, 0.2) is 51.7 Å². The largest absolute Gasteiger partial charge is 0.497 e. The zero-order chi connectivity index (χ0) is 21.9. The maximum absolute atomic E-state index is 13.6. The minimum Gasteiger partial charge on any atom is -0.497 e. The number of esters is 1. The van der Waals surface area contributed by atoms with E-state index in [1.165, 1.54) is 43.5 Å². The van der Waals surface area contributed by atoms with Crippen LogP contribution in [0.4, 0.5) is 13.2 Å². The van der Waals surface area contributed by atoms with Gasteiger partial charge in [-0.3, -0.25) is 4.79 Å². The molecule has 0 radical (unpaired) electrons. The lowest BCUT2D eigenvalue weighted by molar-refractivity contribution is -0.154. The minimum absolute atomic E-state index is 0.00835. The molecule has 30 heavy (non-hydrogen) atoms. The molecule has 0 unspecified atom stereocenters. The number of alkyl halides is 3. The van der Waals surface area contributed by atoms with E-state index in [1.54, 1.807) is 0 Å². The first-order valence-corrected chi connectivity index (χ1v) is 8.42. The van der Waals surface area contributed by atoms with Crippen molar-refractivity contribution in [1.82, 2.24) is 0 Å². The normalized spacial score (nSPS) is 11.2. The summed E-state index contributed by atoms with van der Waals surface area (Å²) < 4.78 is 65.4. The van der Waals surface area contributed by atoms with Gasteiger partial charge in [-0.25, -0.2) is 4.79 Å². The van der Waals surface area contributed by atoms with Crippen LogP contribution in [0.3, 0.4) is 0 Å². The molecule has 7 nitrogen and oxygen atoms in total. The first kappa shape index (κ1) is 21.0. The first-order chi connectivity index (χ1) is 14.2. The topological polar surface area (TPSA) is 84.2 Å². The van der Waals surface area contributed by atoms with Crippen molar-refractivity contribution in [2.24, 2.45) is 0 Å². The molecular weight excluding hydrogens is 409 g/mol. The molecule has 0 fully saturated rings. The molecule has 0 bridgehead atoms. The molecule has 0 amide bonds. The number of methoxy groups -OCH3 is 2. The summed E-state index contributed by atoms with van der Waals surface area (Å²) in [4.78, 5) is 23.9. The Morgan fingerprint density at radius 1 is 1.00 bits per heavy atom. The number of benzene rings is 2. The molecule has 0 atom stereocenters. The van der Waals surface area contributed by atoms with Gasteiger partial charge in [-0.1, -0.05) is 0 Å². The smallest absolute Gasteiger partial charge is 0.453 e. The molecule has 2 aromatic carbocycles. The molecule has 0 aliphatic heterocycles. The predicted octanol–water partition coefficient (Wildman–Crippen LogP) is 4.16. The highest BCUT2D eigenvalue weighted by Crippen LogP contribution is 2.38. The Hall–Kier alpha value is -3.69. The van der Waals surface area contributed by atoms with Gasteiger partial charge < -0.3 is 23.4 Å². The van der Waals surface area contributed by atoms with Crippen LogP contribution in [0.2, 0.25) is 0 Å². The number of hydrogen-bond acceptors (Lipinski definition) is 7. The fraction of sp³-hybridized carbons (Fsp3) is 0.200. The molecule has 0 aliphatic carbocycles. The van der Waals surface area contributed by atoms with Crippen LogP contribution in [-0.2, 0) is 15.7 Å². The standard InChI is InChI=1S/C20H15F3O7/c1-26-11-3-5-12(6-4-11)29-18-17(25)14-8-7-13(28-10-16(24)27-2)9-15(14)30-19(18)20(21,22)23/h3-9H,10H2,1-2H3. The van der Waals surface area contributed by atoms with Crippen molar-refractivity contribution in [2.75, 3.05) is 20.8 Å². The van der Waals surface area contributed by atoms with E-state index < -0.39 is 35.7 Å². The fourth-order valence-electron chi connectivity index (χ4n) is 2.49. The van der Waals surface area contributed by atoms with Crippen molar-refractivity contribution < 1.29 is 41.3 Å². The maximum Gasteiger partial charge on any atom is 0.453 e. The monoisotopic (exact) mass is 424 g/mol. The van der Waals surface area contributed by atoms with E-state index in [9.17, 15) is 22.8 Å². The van der Waals surface area contributed by atoms with Crippen molar-refractivity contribution in [3.63, 3.8) is 0 Å². The summed E-state index contributed by atoms with van der Waals surface area (Å²) in [6, 6.07) is 9.25. The third kappa shape index (κ3) is 4.48. The van der Waals surface area contributed by atoms with Gasteiger partial charge in [-0.05, 0) is 36.4 Å². The minimum atomic E-state index is -5.00. The van der Waals surface area contributed by atoms with Crippen molar-refractivity contribution >= 4 is 16.9 Å². The number of carbonyl (C=O) groups is 1. The van der Waals surface area contributed by atoms with E-state index >= 15 is 0 Å². The van der Waals surface area contributed by atoms with Gasteiger partial charge in [0.2, 0.25) is 11.2 Å². The predicted molar refractivity (Wildman–Crippen MR) is 98.1 cm³/mol. The Balaban J connectivity index is 2.06. The van der Waals surface area contributed by atoms with Crippen LogP contribution >= 0.6 is 0 Å². The Kier molecular flexibility index (Phi) is 5.86. The summed E-state index contributed by atoms with van der Waals surface area (Å²) in [5, 5.41) is -0.156. The average molecular weight is 424 g/mol. The molecule has 158 valence electrons. The summed E-state index contributed by atoms with van der Waals surface area (Å²) >= 11 is 0. The van der Waals surface area contributed by atoms with Crippen LogP contribution in [-0.4, -0.2) is 26.8 Å². The van der Waals surface area contributed by atoms with Gasteiger partial charge in [0, 0.05) is 6.07 Å². The maximum atomic E-state index is 13.6. The third-order valence-electron chi connectivity index (χ3n) is 3.94. The molecule has 0 aliphatic rings. The third-order valence-corrected chi connectivity index (χ3v) is 3.94. The zero-order valence-corrected chi connectivity index (χ0v) is 15.7. The van der Waals surface area contributed by atoms with Crippen LogP contribution in [0, 0.1) is 0 Å². The van der Waals surface area contributed by atoms with Gasteiger partial charge in [-0.15, -0.1) is 0 Å². The van der Waals surface area contributed by atoms with Crippen LogP contribution in [0.25, 0.3) is 11.0 Å². The summed E-state index contributed by atoms with van der Waals surface area (Å²) in [5.41, 5.74) is -1.39. The number of ether oxygens (including phenoxy) is 4. The van der Waals surface area contributed by atoms with Crippen molar-refractivity contribution in [1.29, 1.82) is 0 Å². The fourth-order valence-corrected chi connectivity index (χ4v) is 2.49. The van der Waals surface area contributed by atoms with E-state index in [0.717, 1.165) is 13.2 Å². The van der Waals surface area contributed by atoms with Crippen LogP contribution in [0.5, 0.6) is 23.0 Å². The second kappa shape index (κ2) is 8.36. The molecule has 1 heterocycles. The number of carbonyl (C=O) groups excluding carboxylic acids is 1. The molecule has 0 saturated heterocycles. The van der Waals surface area contributed by atoms with Gasteiger partial charge >= 0.3 is 12.1 Å². The van der Waals surface area contributed by atoms with Crippen molar-refractivity contribution in [3.05, 3.63) is 58.4 Å². The van der Waals surface area contributed by atoms with E-state index in [0.29, 0.717) is 5.75 Å². The lowest BCUT2D eigenvalue weighted by Gasteiger charge is -2.14. The second-order valence-corrected chi connectivity index (χ2v) is 5.89. The number of halogens is 3. The summed E-state index contributed by atoms with van der Waals surface area (Å²) in [5.74, 6) is -2.80. The molecule has 3 aromatic rings. The SMILES string of the molecule is COC(=O)COc1ccc2c(=O)c(Oc3ccc(OC)cc3)c(C(F)(F)F)oc2c1. The summed E-state index contributed by atoms with van der Waals surface area (Å²) in [7, 11) is 2.59. The van der Waals surface area contributed by atoms with E-state index in [1.807, 2.05) is 0 Å². The molecule has 0 saturated carbocycles. The summed E-state index contributed by atoms with van der Waals surface area (Å²) in [6.07, 6.45) is -5.00. The highest BCUT2D eigenvalue weighted by Gasteiger charge is 2.40. The van der Waals surface area contributed by atoms with Gasteiger partial charge in [0.05, 0.1) is 19.6 Å². The highest BCUT2D eigenvalue weighted by atomic mass is 19.4. The molecule has 3 rings (SSSR count). The Bertz CT molecular complexity index is 1120. The van der Waals surface area contributed by atoms with E-state index in [2.05, 4.69) is 4.74 Å². The molecule has 0 N–H and O–H groups in total. The molecule has 1 aromatic heterocycles. The van der Waals surface area contributed by atoms with E-state index in [-0.39, 0.29) is 22.5 Å². The van der Waals surface area contributed by atoms with Gasteiger partial charge in [0.15, 0.2) is 6.61 Å². The molecule has 10 heteroatoms. The lowest BCUT2D eigenvalue weighted by Crippen LogP contribution is -2.16. The van der Waals surface area contributed by atoms with Crippen molar-refractivity contribution in [2.45, 2.75) is 6.18 Å². The van der Waals surface area contributed by atoms with Crippen molar-refractivity contribution in [3.8, 4) is 23.0 Å². The number of rotatable bonds is 6. The second-order valence-electron chi connectivity index (χ2n) is 5.89. The van der Waals surface area contributed by atoms with Gasteiger partial charge in [0.25, 0.3) is 5.76 Å². The highest BCUT2D eigenvalue weighted by molar-refractivity contribution is 5.80. The van der Waals surface area contributed by atoms with Gasteiger partial charge in [-0.2, -0.15) is 13.2 Å². The summed E-state index contributed by atoms with van der Waals surface area (Å²) in [6.45, 7) is -0.461. The average Bonchev–Trinajstić information content (AvgIpc) is 2.73. The quantitative estimate of drug-likeness (QED) is 0.550. The van der Waals surface area contributed by atoms with Crippen LogP contribution < -0.4 is 19.6 Å². The Morgan fingerprint density at radius 2 is 1.63 bits per heavy atom. The van der Waals surface area contributed by atoms with Gasteiger partial charge in [0.1, 0.15) is 22.8 Å². The molecule has 0 spiro atoms. The number of hydrogen-bond donors (Lipinski definition) is 0. The first-order valence-electron chi connectivity index (χ1n) is 8.42. The van der Waals surface area contributed by atoms with E-state index in [4.69, 9.17) is 18.6 Å². The Labute approximate surface area is 167 Å². The molecular formula is C20H15F3O7. The number of fused-ring (bicyclic) bond motifs is 1. The lowest BCUT2D eigenvalue weighted by atomic mass is 10.2.